The molecule has 10 heteroatoms. The Morgan fingerprint density at radius 2 is 1.94 bits per heavy atom. The van der Waals surface area contributed by atoms with Gasteiger partial charge in [0.1, 0.15) is 23.5 Å². The molecule has 2 amide bonds. The van der Waals surface area contributed by atoms with E-state index in [2.05, 4.69) is 22.2 Å². The average Bonchev–Trinajstić information content (AvgIpc) is 2.76. The summed E-state index contributed by atoms with van der Waals surface area (Å²) in [5.74, 6) is 0.300. The number of carbonyl (C=O) groups excluding carboxylic acids is 2. The van der Waals surface area contributed by atoms with Gasteiger partial charge in [-0.1, -0.05) is 6.92 Å². The van der Waals surface area contributed by atoms with E-state index in [1.807, 2.05) is 46.4 Å². The van der Waals surface area contributed by atoms with Crippen LogP contribution in [0.5, 0.6) is 11.5 Å². The Bertz CT molecular complexity index is 1100. The number of amides is 2. The molecule has 1 aromatic carbocycles. The zero-order valence-electron chi connectivity index (χ0n) is 22.1. The minimum Gasteiger partial charge on any atom is -0.451 e. The fraction of sp³-hybridized carbons (Fsp3) is 0.538. The van der Waals surface area contributed by atoms with Crippen molar-refractivity contribution in [3.05, 3.63) is 42.1 Å². The van der Waals surface area contributed by atoms with Crippen molar-refractivity contribution in [1.82, 2.24) is 20.2 Å². The number of nitrogens with one attached hydrogen (secondary N) is 1. The summed E-state index contributed by atoms with van der Waals surface area (Å²) in [4.78, 5) is 37.3. The summed E-state index contributed by atoms with van der Waals surface area (Å²) >= 11 is 0. The topological polar surface area (TPSA) is 96.9 Å². The van der Waals surface area contributed by atoms with Gasteiger partial charge in [0.2, 0.25) is 0 Å². The first kappa shape index (κ1) is 27.2. The van der Waals surface area contributed by atoms with Crippen LogP contribution in [0, 0.1) is 11.2 Å². The number of aromatic nitrogens is 2. The maximum Gasteiger partial charge on any atom is 0.407 e. The van der Waals surface area contributed by atoms with E-state index in [1.54, 1.807) is 4.90 Å². The molecule has 0 bridgehead atoms. The Kier molecular flexibility index (Phi) is 8.05. The molecule has 0 spiro atoms. The van der Waals surface area contributed by atoms with Crippen molar-refractivity contribution in [2.75, 3.05) is 31.1 Å². The van der Waals surface area contributed by atoms with Crippen LogP contribution in [0.1, 0.15) is 58.8 Å². The van der Waals surface area contributed by atoms with E-state index in [1.165, 1.54) is 30.7 Å². The molecule has 1 aliphatic heterocycles. The number of halogens is 1. The highest BCUT2D eigenvalue weighted by atomic mass is 19.1. The van der Waals surface area contributed by atoms with Crippen LogP contribution in [0.4, 0.5) is 15.0 Å². The number of anilines is 1. The van der Waals surface area contributed by atoms with E-state index in [9.17, 15) is 14.0 Å². The Labute approximate surface area is 212 Å². The molecule has 2 heterocycles. The third kappa shape index (κ3) is 6.61. The summed E-state index contributed by atoms with van der Waals surface area (Å²) < 4.78 is 25.5. The molecule has 196 valence electrons. The van der Waals surface area contributed by atoms with Gasteiger partial charge in [0.25, 0.3) is 5.91 Å². The maximum absolute atomic E-state index is 14.1. The van der Waals surface area contributed by atoms with Gasteiger partial charge >= 0.3 is 6.09 Å². The van der Waals surface area contributed by atoms with Crippen LogP contribution >= 0.6 is 0 Å². The van der Waals surface area contributed by atoms with Crippen LogP contribution in [0.3, 0.4) is 0 Å². The Morgan fingerprint density at radius 1 is 1.25 bits per heavy atom. The average molecular weight is 502 g/mol. The maximum atomic E-state index is 14.1. The van der Waals surface area contributed by atoms with E-state index in [0.717, 1.165) is 0 Å². The lowest BCUT2D eigenvalue weighted by Gasteiger charge is -2.48. The van der Waals surface area contributed by atoms with E-state index < -0.39 is 17.5 Å². The second kappa shape index (κ2) is 10.7. The molecule has 36 heavy (non-hydrogen) atoms. The van der Waals surface area contributed by atoms with Gasteiger partial charge in [0.15, 0.2) is 11.6 Å². The van der Waals surface area contributed by atoms with Crippen molar-refractivity contribution >= 4 is 17.8 Å². The van der Waals surface area contributed by atoms with Crippen molar-refractivity contribution in [3.8, 4) is 11.5 Å². The highest BCUT2D eigenvalue weighted by Crippen LogP contribution is 2.39. The van der Waals surface area contributed by atoms with Crippen LogP contribution in [0.25, 0.3) is 0 Å². The van der Waals surface area contributed by atoms with Crippen molar-refractivity contribution in [2.24, 2.45) is 5.41 Å². The van der Waals surface area contributed by atoms with Crippen LogP contribution in [-0.2, 0) is 4.74 Å². The van der Waals surface area contributed by atoms with Gasteiger partial charge in [-0.15, -0.1) is 0 Å². The van der Waals surface area contributed by atoms with Gasteiger partial charge in [-0.2, -0.15) is 0 Å². The van der Waals surface area contributed by atoms with Gasteiger partial charge in [-0.05, 0) is 59.7 Å². The first-order chi connectivity index (χ1) is 16.8. The molecule has 0 aliphatic carbocycles. The van der Waals surface area contributed by atoms with Crippen LogP contribution in [-0.4, -0.2) is 64.7 Å². The van der Waals surface area contributed by atoms with E-state index in [-0.39, 0.29) is 28.7 Å². The molecule has 0 saturated carbocycles. The second-order valence-corrected chi connectivity index (χ2v) is 10.7. The lowest BCUT2D eigenvalue weighted by atomic mass is 9.82. The van der Waals surface area contributed by atoms with Gasteiger partial charge in [-0.3, -0.25) is 4.79 Å². The lowest BCUT2D eigenvalue weighted by molar-refractivity contribution is 0.0493. The number of nitrogens with zero attached hydrogens (tertiary/aromatic N) is 4. The number of hydrogen-bond acceptors (Lipinski definition) is 7. The van der Waals surface area contributed by atoms with Gasteiger partial charge in [0.05, 0.1) is 11.8 Å². The van der Waals surface area contributed by atoms with Crippen molar-refractivity contribution in [3.63, 3.8) is 0 Å². The zero-order chi connectivity index (χ0) is 26.7. The first-order valence-electron chi connectivity index (χ1n) is 12.1. The third-order valence-corrected chi connectivity index (χ3v) is 5.78. The van der Waals surface area contributed by atoms with Crippen molar-refractivity contribution in [2.45, 2.75) is 60.1 Å². The van der Waals surface area contributed by atoms with Crippen LogP contribution < -0.4 is 15.0 Å². The van der Waals surface area contributed by atoms with Gasteiger partial charge < -0.3 is 24.6 Å². The molecule has 1 aromatic heterocycles. The lowest BCUT2D eigenvalue weighted by Crippen LogP contribution is -2.60. The predicted octanol–water partition coefficient (Wildman–Crippen LogP) is 4.63. The third-order valence-electron chi connectivity index (χ3n) is 5.78. The Hall–Kier alpha value is -3.43. The standard InChI is InChI=1S/C26H36FN5O4/c1-8-32(17(2)3)23(33)19-11-18(27)9-10-20(19)35-21-12-28-16-30-22(21)31-14-26(7,15-31)13-29-24(34)36-25(4,5)6/h9-12,16-17H,8,13-15H2,1-7H3,(H,29,34). The van der Waals surface area contributed by atoms with Crippen LogP contribution in [0.2, 0.25) is 0 Å². The molecule has 1 saturated heterocycles. The smallest absolute Gasteiger partial charge is 0.407 e. The molecule has 3 rings (SSSR count). The molecular formula is C26H36FN5O4. The SMILES string of the molecule is CCN(C(=O)c1cc(F)ccc1Oc1cncnc1N1CC(C)(CNC(=O)OC(C)(C)C)C1)C(C)C. The molecule has 9 nitrogen and oxygen atoms in total. The molecule has 1 aliphatic rings. The molecule has 1 N–H and O–H groups in total. The van der Waals surface area contributed by atoms with Gasteiger partial charge in [-0.25, -0.2) is 19.2 Å². The monoisotopic (exact) mass is 501 g/mol. The van der Waals surface area contributed by atoms with Crippen LogP contribution in [0.15, 0.2) is 30.7 Å². The van der Waals surface area contributed by atoms with Gasteiger partial charge in [0, 0.05) is 37.6 Å². The normalized spacial score (nSPS) is 14.8. The van der Waals surface area contributed by atoms with Crippen molar-refractivity contribution < 1.29 is 23.5 Å². The predicted molar refractivity (Wildman–Crippen MR) is 135 cm³/mol. The van der Waals surface area contributed by atoms with E-state index >= 15 is 0 Å². The van der Waals surface area contributed by atoms with E-state index in [0.29, 0.717) is 37.7 Å². The summed E-state index contributed by atoms with van der Waals surface area (Å²) in [6, 6.07) is 3.83. The minimum atomic E-state index is -0.562. The summed E-state index contributed by atoms with van der Waals surface area (Å²) in [5.41, 5.74) is -0.613. The minimum absolute atomic E-state index is 0.0534. The quantitative estimate of drug-likeness (QED) is 0.563. The fourth-order valence-electron chi connectivity index (χ4n) is 4.13. The van der Waals surface area contributed by atoms with Crippen molar-refractivity contribution in [1.29, 1.82) is 0 Å². The number of alkyl carbamates (subject to hydrolysis) is 1. The summed E-state index contributed by atoms with van der Waals surface area (Å²) in [6.45, 7) is 15.4. The molecular weight excluding hydrogens is 465 g/mol. The summed E-state index contributed by atoms with van der Waals surface area (Å²) in [7, 11) is 0. The number of hydrogen-bond donors (Lipinski definition) is 1. The fourth-order valence-corrected chi connectivity index (χ4v) is 4.13. The number of carbonyl (C=O) groups is 2. The molecule has 1 fully saturated rings. The first-order valence-corrected chi connectivity index (χ1v) is 12.1. The Balaban J connectivity index is 1.75. The zero-order valence-corrected chi connectivity index (χ0v) is 22.1. The molecule has 0 unspecified atom stereocenters. The number of benzene rings is 1. The summed E-state index contributed by atoms with van der Waals surface area (Å²) in [5, 5.41) is 2.83. The molecule has 2 aromatic rings. The number of ether oxygens (including phenoxy) is 2. The highest BCUT2D eigenvalue weighted by molar-refractivity contribution is 5.97. The molecule has 0 atom stereocenters. The number of rotatable bonds is 8. The molecule has 0 radical (unpaired) electrons. The second-order valence-electron chi connectivity index (χ2n) is 10.7. The Morgan fingerprint density at radius 3 is 2.56 bits per heavy atom. The highest BCUT2D eigenvalue weighted by Gasteiger charge is 2.41. The van der Waals surface area contributed by atoms with E-state index in [4.69, 9.17) is 9.47 Å². The largest absolute Gasteiger partial charge is 0.451 e. The summed E-state index contributed by atoms with van der Waals surface area (Å²) in [6.07, 6.45) is 2.49.